The first-order valence-electron chi connectivity index (χ1n) is 4.64. The van der Waals surface area contributed by atoms with Crippen LogP contribution in [0.5, 0.6) is 0 Å². The average molecular weight is 196 g/mol. The molecule has 1 N–H and O–H groups in total. The summed E-state index contributed by atoms with van der Waals surface area (Å²) in [4.78, 5) is 8.59. The number of hydrogen-bond acceptors (Lipinski definition) is 4. The van der Waals surface area contributed by atoms with Crippen molar-refractivity contribution in [1.82, 2.24) is 9.97 Å². The number of pyridine rings is 2. The third-order valence-electron chi connectivity index (χ3n) is 2.27. The highest BCUT2D eigenvalue weighted by Gasteiger charge is 2.12. The van der Waals surface area contributed by atoms with Crippen LogP contribution in [-0.2, 0) is 0 Å². The number of nitrogens with one attached hydrogen (secondary N) is 1. The molecule has 72 valence electrons. The van der Waals surface area contributed by atoms with Gasteiger partial charge in [-0.2, -0.15) is 5.10 Å². The molecule has 0 aromatic carbocycles. The van der Waals surface area contributed by atoms with Crippen LogP contribution >= 0.6 is 0 Å². The Morgan fingerprint density at radius 1 is 1.00 bits per heavy atom. The molecule has 0 spiro atoms. The van der Waals surface area contributed by atoms with Crippen LogP contribution < -0.4 is 5.43 Å². The average Bonchev–Trinajstić information content (AvgIpc) is 2.48. The molecule has 0 radical (unpaired) electrons. The lowest BCUT2D eigenvalue weighted by atomic mass is 10.1. The van der Waals surface area contributed by atoms with Crippen LogP contribution in [0.25, 0.3) is 11.3 Å². The van der Waals surface area contributed by atoms with E-state index in [0.29, 0.717) is 0 Å². The first-order valence-corrected chi connectivity index (χ1v) is 4.64. The molecular formula is C11H8N4. The normalized spacial score (nSPS) is 12.3. The maximum atomic E-state index is 4.34. The van der Waals surface area contributed by atoms with Crippen LogP contribution in [0.1, 0.15) is 5.69 Å². The SMILES string of the molecule is C1=NNc2cccnc2-c2cccnc21. The van der Waals surface area contributed by atoms with Gasteiger partial charge in [0.1, 0.15) is 0 Å². The van der Waals surface area contributed by atoms with Crippen molar-refractivity contribution < 1.29 is 0 Å². The predicted octanol–water partition coefficient (Wildman–Crippen LogP) is 1.90. The molecule has 3 rings (SSSR count). The molecule has 0 saturated heterocycles. The van der Waals surface area contributed by atoms with E-state index in [-0.39, 0.29) is 0 Å². The lowest BCUT2D eigenvalue weighted by Gasteiger charge is -2.05. The Morgan fingerprint density at radius 3 is 2.87 bits per heavy atom. The van der Waals surface area contributed by atoms with E-state index in [1.165, 1.54) is 0 Å². The van der Waals surface area contributed by atoms with Gasteiger partial charge in [-0.1, -0.05) is 0 Å². The van der Waals surface area contributed by atoms with E-state index >= 15 is 0 Å². The fraction of sp³-hybridized carbons (Fsp3) is 0. The minimum absolute atomic E-state index is 0.836. The summed E-state index contributed by atoms with van der Waals surface area (Å²) in [6.45, 7) is 0. The molecule has 0 saturated carbocycles. The Hall–Kier alpha value is -2.23. The molecule has 0 atom stereocenters. The van der Waals surface area contributed by atoms with Gasteiger partial charge in [0.05, 0.1) is 23.3 Å². The first kappa shape index (κ1) is 8.11. The van der Waals surface area contributed by atoms with E-state index in [1.54, 1.807) is 18.6 Å². The van der Waals surface area contributed by atoms with Gasteiger partial charge in [0.25, 0.3) is 0 Å². The highest BCUT2D eigenvalue weighted by atomic mass is 15.3. The maximum absolute atomic E-state index is 4.34. The van der Waals surface area contributed by atoms with Gasteiger partial charge in [0.2, 0.25) is 0 Å². The van der Waals surface area contributed by atoms with Crippen molar-refractivity contribution in [2.24, 2.45) is 5.10 Å². The van der Waals surface area contributed by atoms with Crippen LogP contribution in [0.2, 0.25) is 0 Å². The maximum Gasteiger partial charge on any atom is 0.0974 e. The molecule has 1 aliphatic heterocycles. The predicted molar refractivity (Wildman–Crippen MR) is 58.7 cm³/mol. The Morgan fingerprint density at radius 2 is 1.87 bits per heavy atom. The Kier molecular flexibility index (Phi) is 1.71. The Bertz CT molecular complexity index is 534. The molecule has 0 amide bonds. The van der Waals surface area contributed by atoms with Gasteiger partial charge in [-0.3, -0.25) is 15.4 Å². The number of fused-ring (bicyclic) bond motifs is 3. The zero-order valence-electron chi connectivity index (χ0n) is 7.88. The minimum atomic E-state index is 0.836. The summed E-state index contributed by atoms with van der Waals surface area (Å²) in [5.74, 6) is 0. The van der Waals surface area contributed by atoms with Gasteiger partial charge < -0.3 is 0 Å². The summed E-state index contributed by atoms with van der Waals surface area (Å²) >= 11 is 0. The molecule has 0 unspecified atom stereocenters. The van der Waals surface area contributed by atoms with Crippen molar-refractivity contribution in [2.45, 2.75) is 0 Å². The van der Waals surface area contributed by atoms with E-state index in [0.717, 1.165) is 22.6 Å². The lowest BCUT2D eigenvalue weighted by molar-refractivity contribution is 1.27. The van der Waals surface area contributed by atoms with Gasteiger partial charge in [0.15, 0.2) is 0 Å². The quantitative estimate of drug-likeness (QED) is 0.700. The topological polar surface area (TPSA) is 50.2 Å². The summed E-state index contributed by atoms with van der Waals surface area (Å²) in [5.41, 5.74) is 6.57. The minimum Gasteiger partial charge on any atom is -0.276 e. The highest BCUT2D eigenvalue weighted by molar-refractivity contribution is 5.92. The summed E-state index contributed by atoms with van der Waals surface area (Å²) in [5, 5.41) is 4.08. The van der Waals surface area contributed by atoms with Crippen LogP contribution in [0.3, 0.4) is 0 Å². The van der Waals surface area contributed by atoms with E-state index in [2.05, 4.69) is 20.5 Å². The summed E-state index contributed by atoms with van der Waals surface area (Å²) in [6, 6.07) is 7.72. The largest absolute Gasteiger partial charge is 0.276 e. The van der Waals surface area contributed by atoms with Crippen molar-refractivity contribution in [2.75, 3.05) is 5.43 Å². The second-order valence-electron chi connectivity index (χ2n) is 3.21. The summed E-state index contributed by atoms with van der Waals surface area (Å²) in [7, 11) is 0. The zero-order chi connectivity index (χ0) is 10.1. The highest BCUT2D eigenvalue weighted by Crippen LogP contribution is 2.28. The molecular weight excluding hydrogens is 188 g/mol. The number of nitrogens with zero attached hydrogens (tertiary/aromatic N) is 3. The van der Waals surface area contributed by atoms with Gasteiger partial charge in [-0.15, -0.1) is 0 Å². The third-order valence-corrected chi connectivity index (χ3v) is 2.27. The summed E-state index contributed by atoms with van der Waals surface area (Å²) in [6.07, 6.45) is 5.22. The van der Waals surface area contributed by atoms with Gasteiger partial charge in [0, 0.05) is 18.0 Å². The number of hydrazone groups is 1. The van der Waals surface area contributed by atoms with Gasteiger partial charge >= 0.3 is 0 Å². The van der Waals surface area contributed by atoms with Crippen LogP contribution in [-0.4, -0.2) is 16.2 Å². The van der Waals surface area contributed by atoms with Crippen LogP contribution in [0, 0.1) is 0 Å². The van der Waals surface area contributed by atoms with Crippen molar-refractivity contribution in [1.29, 1.82) is 0 Å². The molecule has 2 aromatic heterocycles. The number of rotatable bonds is 0. The first-order chi connectivity index (χ1) is 7.45. The summed E-state index contributed by atoms with van der Waals surface area (Å²) < 4.78 is 0. The fourth-order valence-corrected chi connectivity index (χ4v) is 1.59. The van der Waals surface area contributed by atoms with Crippen molar-refractivity contribution >= 4 is 11.9 Å². The molecule has 0 bridgehead atoms. The smallest absolute Gasteiger partial charge is 0.0974 e. The van der Waals surface area contributed by atoms with E-state index in [9.17, 15) is 0 Å². The molecule has 1 aliphatic rings. The Balaban J connectivity index is 2.33. The molecule has 0 fully saturated rings. The van der Waals surface area contributed by atoms with Crippen molar-refractivity contribution in [3.05, 3.63) is 42.4 Å². The monoisotopic (exact) mass is 196 g/mol. The molecule has 15 heavy (non-hydrogen) atoms. The standard InChI is InChI=1S/C11H8N4/c1-3-8-10(12-5-1)7-14-15-9-4-2-6-13-11(8)9/h1-7,15H. The van der Waals surface area contributed by atoms with E-state index in [1.807, 2.05) is 24.3 Å². The second-order valence-corrected chi connectivity index (χ2v) is 3.21. The number of hydrogen-bond donors (Lipinski definition) is 1. The molecule has 2 aromatic rings. The fourth-order valence-electron chi connectivity index (χ4n) is 1.59. The molecule has 3 heterocycles. The third kappa shape index (κ3) is 1.27. The van der Waals surface area contributed by atoms with Gasteiger partial charge in [-0.05, 0) is 24.3 Å². The van der Waals surface area contributed by atoms with Crippen molar-refractivity contribution in [3.8, 4) is 11.3 Å². The number of anilines is 1. The van der Waals surface area contributed by atoms with E-state index in [4.69, 9.17) is 0 Å². The number of aromatic nitrogens is 2. The van der Waals surface area contributed by atoms with Gasteiger partial charge in [-0.25, -0.2) is 0 Å². The lowest BCUT2D eigenvalue weighted by Crippen LogP contribution is -1.92. The molecule has 0 aliphatic carbocycles. The van der Waals surface area contributed by atoms with Crippen LogP contribution in [0.4, 0.5) is 5.69 Å². The molecule has 4 nitrogen and oxygen atoms in total. The van der Waals surface area contributed by atoms with Crippen LogP contribution in [0.15, 0.2) is 41.8 Å². The van der Waals surface area contributed by atoms with E-state index < -0.39 is 0 Å². The molecule has 4 heteroatoms. The van der Waals surface area contributed by atoms with Crippen molar-refractivity contribution in [3.63, 3.8) is 0 Å². The zero-order valence-corrected chi connectivity index (χ0v) is 7.88. The second kappa shape index (κ2) is 3.16. The Labute approximate surface area is 86.7 Å².